The third-order valence-electron chi connectivity index (χ3n) is 0.925. The topological polar surface area (TPSA) is 72.7 Å². The minimum absolute atomic E-state index is 0.115. The molecule has 0 unspecified atom stereocenters. The molecule has 1 aromatic heterocycles. The molecule has 0 saturated heterocycles. The minimum atomic E-state index is -0.149. The molecule has 6 nitrogen and oxygen atoms in total. The Morgan fingerprint density at radius 1 is 1.80 bits per heavy atom. The summed E-state index contributed by atoms with van der Waals surface area (Å²) >= 11 is 0. The maximum atomic E-state index is 10.6. The molecule has 1 amide bonds. The highest BCUT2D eigenvalue weighted by Crippen LogP contribution is 1.74. The van der Waals surface area contributed by atoms with Crippen molar-refractivity contribution < 1.29 is 4.79 Å². The van der Waals surface area contributed by atoms with Gasteiger partial charge in [-0.25, -0.2) is 4.68 Å². The van der Waals surface area contributed by atoms with Crippen molar-refractivity contribution in [3.05, 3.63) is 6.33 Å². The van der Waals surface area contributed by atoms with Gasteiger partial charge >= 0.3 is 0 Å². The van der Waals surface area contributed by atoms with E-state index in [4.69, 9.17) is 0 Å². The molecular weight excluding hydrogens is 134 g/mol. The lowest BCUT2D eigenvalue weighted by atomic mass is 10.6. The number of aromatic nitrogens is 4. The highest BCUT2D eigenvalue weighted by Gasteiger charge is 1.99. The second kappa shape index (κ2) is 2.90. The predicted molar refractivity (Wildman–Crippen MR) is 30.7 cm³/mol. The average molecular weight is 140 g/mol. The summed E-state index contributed by atoms with van der Waals surface area (Å²) in [5.41, 5.74) is 0. The second-order valence-electron chi connectivity index (χ2n) is 1.61. The van der Waals surface area contributed by atoms with Crippen LogP contribution in [0.1, 0.15) is 0 Å². The number of tetrazole rings is 1. The van der Waals surface area contributed by atoms with E-state index in [1.807, 2.05) is 0 Å². The van der Waals surface area contributed by atoms with Gasteiger partial charge in [0.05, 0.1) is 0 Å². The van der Waals surface area contributed by atoms with Gasteiger partial charge < -0.3 is 5.32 Å². The fraction of sp³-hybridized carbons (Fsp3) is 0.500. The van der Waals surface area contributed by atoms with Gasteiger partial charge in [0.2, 0.25) is 12.2 Å². The van der Waals surface area contributed by atoms with E-state index in [0.717, 1.165) is 0 Å². The molecule has 6 heteroatoms. The second-order valence-corrected chi connectivity index (χ2v) is 1.61. The Hall–Kier alpha value is -1.46. The van der Waals surface area contributed by atoms with Crippen LogP contribution in [-0.4, -0.2) is 33.2 Å². The lowest BCUT2D eigenvalue weighted by molar-refractivity contribution is -0.121. The minimum Gasteiger partial charge on any atom is -0.358 e. The van der Waals surface area contributed by atoms with Crippen molar-refractivity contribution in [2.45, 2.75) is 6.54 Å². The average Bonchev–Trinajstić information content (AvgIpc) is 2.40. The normalized spacial score (nSPS) is 9.30. The Labute approximate surface area is 57.2 Å². The van der Waals surface area contributed by atoms with Crippen molar-refractivity contribution in [3.63, 3.8) is 0 Å². The van der Waals surface area contributed by atoms with E-state index >= 15 is 0 Å². The van der Waals surface area contributed by atoms with Crippen molar-refractivity contribution in [2.75, 3.05) is 7.05 Å². The Kier molecular flexibility index (Phi) is 1.93. The molecule has 0 fully saturated rings. The Morgan fingerprint density at radius 2 is 2.60 bits per heavy atom. The fourth-order valence-corrected chi connectivity index (χ4v) is 0.442. The van der Waals surface area contributed by atoms with Crippen LogP contribution in [0.2, 0.25) is 0 Å². The Morgan fingerprint density at radius 3 is 3.10 bits per heavy atom. The summed E-state index contributed by atoms with van der Waals surface area (Å²) in [5, 5.41) is 12.4. The zero-order valence-electron chi connectivity index (χ0n) is 5.40. The van der Waals surface area contributed by atoms with Gasteiger partial charge in [-0.2, -0.15) is 0 Å². The van der Waals surface area contributed by atoms with Crippen LogP contribution in [0, 0.1) is 6.33 Å². The van der Waals surface area contributed by atoms with Crippen molar-refractivity contribution >= 4 is 5.91 Å². The van der Waals surface area contributed by atoms with Gasteiger partial charge in [-0.05, 0) is 10.4 Å². The van der Waals surface area contributed by atoms with E-state index in [1.165, 1.54) is 4.68 Å². The molecule has 1 rings (SSSR count). The summed E-state index contributed by atoms with van der Waals surface area (Å²) in [6, 6.07) is 0. The number of carbonyl (C=O) groups excluding carboxylic acids is 1. The fourth-order valence-electron chi connectivity index (χ4n) is 0.442. The van der Waals surface area contributed by atoms with Crippen LogP contribution >= 0.6 is 0 Å². The van der Waals surface area contributed by atoms with E-state index < -0.39 is 0 Å². The maximum Gasteiger partial charge on any atom is 0.241 e. The summed E-state index contributed by atoms with van der Waals surface area (Å²) in [6.45, 7) is 0.115. The van der Waals surface area contributed by atoms with Gasteiger partial charge in [0.25, 0.3) is 0 Å². The molecule has 0 saturated carbocycles. The number of likely N-dealkylation sites (N-methyl/N-ethyl adjacent to an activating group) is 1. The molecule has 1 aromatic rings. The quantitative estimate of drug-likeness (QED) is 0.527. The zero-order chi connectivity index (χ0) is 7.40. The first-order chi connectivity index (χ1) is 4.83. The van der Waals surface area contributed by atoms with E-state index in [2.05, 4.69) is 27.2 Å². The Bertz CT molecular complexity index is 205. The van der Waals surface area contributed by atoms with Crippen LogP contribution in [0.3, 0.4) is 0 Å². The third-order valence-corrected chi connectivity index (χ3v) is 0.925. The van der Waals surface area contributed by atoms with Gasteiger partial charge in [-0.3, -0.25) is 4.79 Å². The number of rotatable bonds is 2. The molecule has 0 aromatic carbocycles. The zero-order valence-corrected chi connectivity index (χ0v) is 5.40. The lowest BCUT2D eigenvalue weighted by Crippen LogP contribution is -2.23. The van der Waals surface area contributed by atoms with Crippen LogP contribution in [0.4, 0.5) is 0 Å². The van der Waals surface area contributed by atoms with Crippen LogP contribution in [-0.2, 0) is 11.3 Å². The summed E-state index contributed by atoms with van der Waals surface area (Å²) in [7, 11) is 1.55. The van der Waals surface area contributed by atoms with Crippen LogP contribution < -0.4 is 5.32 Å². The van der Waals surface area contributed by atoms with E-state index in [0.29, 0.717) is 0 Å². The number of hydrogen-bond donors (Lipinski definition) is 1. The van der Waals surface area contributed by atoms with Crippen LogP contribution in [0.5, 0.6) is 0 Å². The smallest absolute Gasteiger partial charge is 0.241 e. The standard InChI is InChI=1S/C4H6N5O/c1-5-4(10)2-9-3-6-7-8-9/h2H2,1H3,(H,5,10). The molecule has 1 N–H and O–H groups in total. The van der Waals surface area contributed by atoms with Crippen molar-refractivity contribution in [1.29, 1.82) is 0 Å². The summed E-state index contributed by atoms with van der Waals surface area (Å²) in [5.74, 6) is -0.149. The SMILES string of the molecule is CNC(=O)Cn1[c]nnn1. The molecule has 0 aliphatic carbocycles. The molecule has 0 aliphatic rings. The first-order valence-electron chi connectivity index (χ1n) is 2.67. The number of nitrogens with one attached hydrogen (secondary N) is 1. The van der Waals surface area contributed by atoms with Crippen molar-refractivity contribution in [3.8, 4) is 0 Å². The summed E-state index contributed by atoms with van der Waals surface area (Å²) in [6.07, 6.45) is 2.39. The first-order valence-corrected chi connectivity index (χ1v) is 2.67. The molecular formula is C4H6N5O. The number of nitrogens with zero attached hydrogens (tertiary/aromatic N) is 4. The van der Waals surface area contributed by atoms with Gasteiger partial charge in [-0.1, -0.05) is 0 Å². The summed E-state index contributed by atoms with van der Waals surface area (Å²) in [4.78, 5) is 10.6. The molecule has 0 spiro atoms. The maximum absolute atomic E-state index is 10.6. The van der Waals surface area contributed by atoms with Crippen LogP contribution in [0.15, 0.2) is 0 Å². The number of amides is 1. The Balaban J connectivity index is 2.48. The van der Waals surface area contributed by atoms with Crippen molar-refractivity contribution in [1.82, 2.24) is 25.5 Å². The largest absolute Gasteiger partial charge is 0.358 e. The monoisotopic (exact) mass is 140 g/mol. The number of hydrogen-bond acceptors (Lipinski definition) is 4. The summed E-state index contributed by atoms with van der Waals surface area (Å²) < 4.78 is 1.22. The highest BCUT2D eigenvalue weighted by molar-refractivity contribution is 5.75. The van der Waals surface area contributed by atoms with Gasteiger partial charge in [0.15, 0.2) is 0 Å². The van der Waals surface area contributed by atoms with E-state index in [1.54, 1.807) is 7.05 Å². The van der Waals surface area contributed by atoms with E-state index in [-0.39, 0.29) is 12.5 Å². The third kappa shape index (κ3) is 1.51. The molecule has 10 heavy (non-hydrogen) atoms. The molecule has 0 atom stereocenters. The molecule has 1 heterocycles. The highest BCUT2D eigenvalue weighted by atomic mass is 16.1. The number of carbonyl (C=O) groups is 1. The molecule has 0 bridgehead atoms. The predicted octanol–water partition coefficient (Wildman–Crippen LogP) is -1.78. The van der Waals surface area contributed by atoms with Gasteiger partial charge in [0.1, 0.15) is 6.54 Å². The first kappa shape index (κ1) is 6.66. The van der Waals surface area contributed by atoms with Crippen molar-refractivity contribution in [2.24, 2.45) is 0 Å². The molecule has 0 aliphatic heterocycles. The lowest BCUT2D eigenvalue weighted by Gasteiger charge is -1.94. The van der Waals surface area contributed by atoms with Gasteiger partial charge in [0, 0.05) is 7.05 Å². The molecule has 1 radical (unpaired) electrons. The van der Waals surface area contributed by atoms with Crippen LogP contribution in [0.25, 0.3) is 0 Å². The molecule has 53 valence electrons. The van der Waals surface area contributed by atoms with E-state index in [9.17, 15) is 4.79 Å². The van der Waals surface area contributed by atoms with Gasteiger partial charge in [-0.15, -0.1) is 5.10 Å².